The summed E-state index contributed by atoms with van der Waals surface area (Å²) >= 11 is 0. The normalized spacial score (nSPS) is 13.9. The van der Waals surface area contributed by atoms with Crippen molar-refractivity contribution in [2.75, 3.05) is 13.2 Å². The molecule has 0 bridgehead atoms. The molecule has 0 spiro atoms. The summed E-state index contributed by atoms with van der Waals surface area (Å²) in [5.74, 6) is 1.12. The first-order chi connectivity index (χ1) is 12.7. The summed E-state index contributed by atoms with van der Waals surface area (Å²) in [5, 5.41) is 7.10. The van der Waals surface area contributed by atoms with E-state index in [4.69, 9.17) is 9.47 Å². The van der Waals surface area contributed by atoms with Crippen LogP contribution in [0.1, 0.15) is 28.9 Å². The van der Waals surface area contributed by atoms with Crippen molar-refractivity contribution in [1.82, 2.24) is 20.1 Å². The highest BCUT2D eigenvalue weighted by molar-refractivity contribution is 5.95. The maximum atomic E-state index is 12.5. The van der Waals surface area contributed by atoms with Gasteiger partial charge in [-0.05, 0) is 42.8 Å². The van der Waals surface area contributed by atoms with E-state index in [9.17, 15) is 4.79 Å². The van der Waals surface area contributed by atoms with Crippen molar-refractivity contribution in [2.45, 2.75) is 13.0 Å². The number of aromatic nitrogens is 3. The first kappa shape index (κ1) is 16.1. The third-order valence-electron chi connectivity index (χ3n) is 4.23. The maximum absolute atomic E-state index is 12.5. The van der Waals surface area contributed by atoms with Gasteiger partial charge in [0.1, 0.15) is 25.9 Å². The highest BCUT2D eigenvalue weighted by Gasteiger charge is 2.16. The molecule has 0 saturated heterocycles. The first-order valence-electron chi connectivity index (χ1n) is 8.36. The Bertz CT molecular complexity index is 907. The summed E-state index contributed by atoms with van der Waals surface area (Å²) in [5.41, 5.74) is 2.46. The van der Waals surface area contributed by atoms with Gasteiger partial charge in [0.25, 0.3) is 5.91 Å². The molecule has 0 radical (unpaired) electrons. The van der Waals surface area contributed by atoms with E-state index in [1.54, 1.807) is 29.2 Å². The van der Waals surface area contributed by atoms with Gasteiger partial charge in [-0.1, -0.05) is 12.1 Å². The average Bonchev–Trinajstić information content (AvgIpc) is 3.22. The van der Waals surface area contributed by atoms with E-state index in [-0.39, 0.29) is 11.9 Å². The SMILES string of the molecule is C[C@H](NC(=O)c1ccc2c(c1)OCCO2)c1ccc(-n2cncn2)cc1. The van der Waals surface area contributed by atoms with Gasteiger partial charge in [0, 0.05) is 5.56 Å². The van der Waals surface area contributed by atoms with Gasteiger partial charge in [-0.15, -0.1) is 0 Å². The van der Waals surface area contributed by atoms with Crippen LogP contribution in [0.3, 0.4) is 0 Å². The summed E-state index contributed by atoms with van der Waals surface area (Å²) in [6.45, 7) is 2.97. The molecule has 0 unspecified atom stereocenters. The van der Waals surface area contributed by atoms with Gasteiger partial charge in [-0.2, -0.15) is 5.10 Å². The number of rotatable bonds is 4. The topological polar surface area (TPSA) is 78.3 Å². The van der Waals surface area contributed by atoms with Crippen LogP contribution in [0.25, 0.3) is 5.69 Å². The molecular weight excluding hydrogens is 332 g/mol. The summed E-state index contributed by atoms with van der Waals surface area (Å²) in [6.07, 6.45) is 3.13. The second-order valence-corrected chi connectivity index (χ2v) is 5.99. The van der Waals surface area contributed by atoms with E-state index in [1.165, 1.54) is 6.33 Å². The lowest BCUT2D eigenvalue weighted by Crippen LogP contribution is -2.27. The summed E-state index contributed by atoms with van der Waals surface area (Å²) < 4.78 is 12.7. The summed E-state index contributed by atoms with van der Waals surface area (Å²) in [6, 6.07) is 12.9. The molecule has 7 heteroatoms. The first-order valence-corrected chi connectivity index (χ1v) is 8.36. The fourth-order valence-corrected chi connectivity index (χ4v) is 2.81. The largest absolute Gasteiger partial charge is 0.486 e. The van der Waals surface area contributed by atoms with Crippen LogP contribution < -0.4 is 14.8 Å². The minimum atomic E-state index is -0.158. The minimum absolute atomic E-state index is 0.138. The number of benzene rings is 2. The molecule has 1 N–H and O–H groups in total. The summed E-state index contributed by atoms with van der Waals surface area (Å²) in [7, 11) is 0. The Kier molecular flexibility index (Phi) is 4.27. The number of carbonyl (C=O) groups excluding carboxylic acids is 1. The molecule has 1 aliphatic heterocycles. The molecule has 2 heterocycles. The quantitative estimate of drug-likeness (QED) is 0.782. The molecule has 3 aromatic rings. The van der Waals surface area contributed by atoms with Crippen molar-refractivity contribution in [3.05, 3.63) is 66.2 Å². The average molecular weight is 350 g/mol. The zero-order valence-corrected chi connectivity index (χ0v) is 14.3. The predicted molar refractivity (Wildman–Crippen MR) is 94.7 cm³/mol. The van der Waals surface area contributed by atoms with Gasteiger partial charge in [0.05, 0.1) is 11.7 Å². The Morgan fingerprint density at radius 1 is 1.12 bits per heavy atom. The zero-order chi connectivity index (χ0) is 17.9. The number of nitrogens with zero attached hydrogens (tertiary/aromatic N) is 3. The lowest BCUT2D eigenvalue weighted by Gasteiger charge is -2.19. The van der Waals surface area contributed by atoms with Gasteiger partial charge >= 0.3 is 0 Å². The molecule has 1 aromatic heterocycles. The molecule has 26 heavy (non-hydrogen) atoms. The van der Waals surface area contributed by atoms with Crippen LogP contribution in [0.5, 0.6) is 11.5 Å². The highest BCUT2D eigenvalue weighted by atomic mass is 16.6. The molecule has 4 rings (SSSR count). The minimum Gasteiger partial charge on any atom is -0.486 e. The lowest BCUT2D eigenvalue weighted by molar-refractivity contribution is 0.0938. The number of hydrogen-bond donors (Lipinski definition) is 1. The van der Waals surface area contributed by atoms with Gasteiger partial charge in [0.15, 0.2) is 11.5 Å². The fraction of sp³-hybridized carbons (Fsp3) is 0.211. The van der Waals surface area contributed by atoms with Gasteiger partial charge in [-0.3, -0.25) is 4.79 Å². The third-order valence-corrected chi connectivity index (χ3v) is 4.23. The Balaban J connectivity index is 1.45. The molecule has 0 saturated carbocycles. The summed E-state index contributed by atoms with van der Waals surface area (Å²) in [4.78, 5) is 16.5. The second-order valence-electron chi connectivity index (χ2n) is 5.99. The van der Waals surface area contributed by atoms with Crippen molar-refractivity contribution in [3.8, 4) is 17.2 Å². The highest BCUT2D eigenvalue weighted by Crippen LogP contribution is 2.30. The Labute approximate surface area is 150 Å². The third kappa shape index (κ3) is 3.23. The van der Waals surface area contributed by atoms with Crippen LogP contribution >= 0.6 is 0 Å². The van der Waals surface area contributed by atoms with Crippen LogP contribution in [0.4, 0.5) is 0 Å². The zero-order valence-electron chi connectivity index (χ0n) is 14.3. The molecular formula is C19H18N4O3. The van der Waals surface area contributed by atoms with Crippen LogP contribution in [0.15, 0.2) is 55.1 Å². The molecule has 132 valence electrons. The van der Waals surface area contributed by atoms with Crippen LogP contribution in [-0.2, 0) is 0 Å². The predicted octanol–water partition coefficient (Wildman–Crippen LogP) is 2.53. The standard InChI is InChI=1S/C19H18N4O3/c1-13(14-2-5-16(6-3-14)23-12-20-11-21-23)22-19(24)15-4-7-17-18(10-15)26-9-8-25-17/h2-7,10-13H,8-9H2,1H3,(H,22,24)/t13-/m0/s1. The van der Waals surface area contributed by atoms with Crippen LogP contribution in [-0.4, -0.2) is 33.9 Å². The fourth-order valence-electron chi connectivity index (χ4n) is 2.81. The van der Waals surface area contributed by atoms with Crippen molar-refractivity contribution in [1.29, 1.82) is 0 Å². The number of fused-ring (bicyclic) bond motifs is 1. The number of ether oxygens (including phenoxy) is 2. The van der Waals surface area contributed by atoms with Crippen molar-refractivity contribution in [2.24, 2.45) is 0 Å². The van der Waals surface area contributed by atoms with Crippen molar-refractivity contribution >= 4 is 5.91 Å². The van der Waals surface area contributed by atoms with E-state index in [2.05, 4.69) is 15.4 Å². The molecule has 1 aliphatic rings. The van der Waals surface area contributed by atoms with E-state index >= 15 is 0 Å². The Morgan fingerprint density at radius 3 is 2.62 bits per heavy atom. The van der Waals surface area contributed by atoms with E-state index in [1.807, 2.05) is 31.2 Å². The lowest BCUT2D eigenvalue weighted by atomic mass is 10.1. The monoisotopic (exact) mass is 350 g/mol. The van der Waals surface area contributed by atoms with Gasteiger partial charge in [0.2, 0.25) is 0 Å². The van der Waals surface area contributed by atoms with Crippen LogP contribution in [0.2, 0.25) is 0 Å². The van der Waals surface area contributed by atoms with Crippen LogP contribution in [0, 0.1) is 0 Å². The molecule has 1 atom stereocenters. The molecule has 2 aromatic carbocycles. The van der Waals surface area contributed by atoms with Crippen molar-refractivity contribution < 1.29 is 14.3 Å². The van der Waals surface area contributed by atoms with Gasteiger partial charge < -0.3 is 14.8 Å². The molecule has 0 aliphatic carbocycles. The number of amides is 1. The van der Waals surface area contributed by atoms with Gasteiger partial charge in [-0.25, -0.2) is 9.67 Å². The molecule has 1 amide bonds. The Morgan fingerprint density at radius 2 is 1.88 bits per heavy atom. The number of hydrogen-bond acceptors (Lipinski definition) is 5. The van der Waals surface area contributed by atoms with E-state index in [0.717, 1.165) is 11.3 Å². The maximum Gasteiger partial charge on any atom is 0.251 e. The number of nitrogens with one attached hydrogen (secondary N) is 1. The second kappa shape index (κ2) is 6.87. The van der Waals surface area contributed by atoms with Crippen molar-refractivity contribution in [3.63, 3.8) is 0 Å². The Hall–Kier alpha value is -3.35. The molecule has 7 nitrogen and oxygen atoms in total. The van der Waals surface area contributed by atoms with E-state index in [0.29, 0.717) is 30.3 Å². The smallest absolute Gasteiger partial charge is 0.251 e. The van der Waals surface area contributed by atoms with E-state index < -0.39 is 0 Å². The molecule has 0 fully saturated rings. The number of carbonyl (C=O) groups is 1.